The Bertz CT molecular complexity index is 512. The molecule has 5 nitrogen and oxygen atoms in total. The average molecular weight is 261 g/mol. The molecule has 0 amide bonds. The van der Waals surface area contributed by atoms with Crippen LogP contribution in [0, 0.1) is 6.92 Å². The van der Waals surface area contributed by atoms with E-state index >= 15 is 0 Å². The van der Waals surface area contributed by atoms with Crippen LogP contribution in [0.3, 0.4) is 0 Å². The van der Waals surface area contributed by atoms with E-state index in [-0.39, 0.29) is 0 Å². The van der Waals surface area contributed by atoms with Crippen LogP contribution in [0.5, 0.6) is 0 Å². The van der Waals surface area contributed by atoms with Crippen molar-refractivity contribution in [3.63, 3.8) is 0 Å². The summed E-state index contributed by atoms with van der Waals surface area (Å²) >= 11 is 0. The lowest BCUT2D eigenvalue weighted by molar-refractivity contribution is 0.575. The van der Waals surface area contributed by atoms with Gasteiger partial charge in [-0.2, -0.15) is 10.2 Å². The third-order valence-electron chi connectivity index (χ3n) is 2.98. The maximum atomic E-state index is 4.50. The van der Waals surface area contributed by atoms with E-state index < -0.39 is 0 Å². The molecule has 0 spiro atoms. The zero-order valence-corrected chi connectivity index (χ0v) is 12.1. The number of hydrogen-bond donors (Lipinski definition) is 1. The molecule has 0 fully saturated rings. The standard InChI is InChI=1S/C14H23N5/c1-4-6-18-11-13(9-16-18)15-10-14-8-12(3)17-19(14)7-5-2/h8-9,11,15H,4-7,10H2,1-3H3. The highest BCUT2D eigenvalue weighted by molar-refractivity contribution is 5.38. The molecule has 0 saturated carbocycles. The fraction of sp³-hybridized carbons (Fsp3) is 0.571. The van der Waals surface area contributed by atoms with Gasteiger partial charge in [-0.1, -0.05) is 13.8 Å². The molecule has 0 aromatic carbocycles. The summed E-state index contributed by atoms with van der Waals surface area (Å²) in [4.78, 5) is 0. The summed E-state index contributed by atoms with van der Waals surface area (Å²) < 4.78 is 4.05. The Morgan fingerprint density at radius 2 is 2.00 bits per heavy atom. The van der Waals surface area contributed by atoms with Crippen molar-refractivity contribution >= 4 is 5.69 Å². The van der Waals surface area contributed by atoms with Crippen LogP contribution in [0.2, 0.25) is 0 Å². The van der Waals surface area contributed by atoms with Crippen molar-refractivity contribution in [2.45, 2.75) is 53.2 Å². The Balaban J connectivity index is 1.97. The lowest BCUT2D eigenvalue weighted by Gasteiger charge is -2.07. The highest BCUT2D eigenvalue weighted by Crippen LogP contribution is 2.10. The van der Waals surface area contributed by atoms with Crippen LogP contribution in [0.1, 0.15) is 38.1 Å². The van der Waals surface area contributed by atoms with Gasteiger partial charge in [-0.3, -0.25) is 9.36 Å². The minimum Gasteiger partial charge on any atom is -0.377 e. The van der Waals surface area contributed by atoms with E-state index in [1.807, 2.05) is 17.8 Å². The second kappa shape index (κ2) is 6.41. The largest absolute Gasteiger partial charge is 0.377 e. The first-order valence-electron chi connectivity index (χ1n) is 7.02. The highest BCUT2D eigenvalue weighted by atomic mass is 15.3. The molecule has 0 aliphatic heterocycles. The normalized spacial score (nSPS) is 10.9. The first kappa shape index (κ1) is 13.6. The molecule has 5 heteroatoms. The minimum atomic E-state index is 0.790. The monoisotopic (exact) mass is 261 g/mol. The fourth-order valence-corrected chi connectivity index (χ4v) is 2.15. The van der Waals surface area contributed by atoms with Crippen LogP contribution >= 0.6 is 0 Å². The molecule has 0 aliphatic rings. The van der Waals surface area contributed by atoms with Crippen molar-refractivity contribution in [2.75, 3.05) is 5.32 Å². The maximum Gasteiger partial charge on any atom is 0.0729 e. The molecule has 0 unspecified atom stereocenters. The molecular weight excluding hydrogens is 238 g/mol. The maximum absolute atomic E-state index is 4.50. The first-order chi connectivity index (χ1) is 9.22. The summed E-state index contributed by atoms with van der Waals surface area (Å²) in [6, 6.07) is 2.14. The molecule has 2 aromatic rings. The SMILES string of the molecule is CCCn1cc(NCc2cc(C)nn2CCC)cn1. The number of anilines is 1. The molecule has 0 aliphatic carbocycles. The Labute approximate surface area is 114 Å². The van der Waals surface area contributed by atoms with E-state index in [4.69, 9.17) is 0 Å². The van der Waals surface area contributed by atoms with Crippen molar-refractivity contribution < 1.29 is 0 Å². The number of aryl methyl sites for hydroxylation is 3. The van der Waals surface area contributed by atoms with Crippen LogP contribution in [0.25, 0.3) is 0 Å². The summed E-state index contributed by atoms with van der Waals surface area (Å²) in [5, 5.41) is 12.2. The molecule has 0 bridgehead atoms. The predicted molar refractivity (Wildman–Crippen MR) is 77.1 cm³/mol. The molecule has 0 saturated heterocycles. The van der Waals surface area contributed by atoms with Crippen LogP contribution in [-0.4, -0.2) is 19.6 Å². The summed E-state index contributed by atoms with van der Waals surface area (Å²) in [7, 11) is 0. The second-order valence-electron chi connectivity index (χ2n) is 4.85. The van der Waals surface area contributed by atoms with Crippen molar-refractivity contribution in [3.05, 3.63) is 29.8 Å². The Hall–Kier alpha value is -1.78. The second-order valence-corrected chi connectivity index (χ2v) is 4.85. The summed E-state index contributed by atoms with van der Waals surface area (Å²) in [5.41, 5.74) is 3.37. The Kier molecular flexibility index (Phi) is 4.60. The summed E-state index contributed by atoms with van der Waals surface area (Å²) in [5.74, 6) is 0. The molecule has 2 aromatic heterocycles. The number of aromatic nitrogens is 4. The number of nitrogens with one attached hydrogen (secondary N) is 1. The van der Waals surface area contributed by atoms with Gasteiger partial charge in [0.15, 0.2) is 0 Å². The van der Waals surface area contributed by atoms with Gasteiger partial charge in [0.25, 0.3) is 0 Å². The third-order valence-corrected chi connectivity index (χ3v) is 2.98. The van der Waals surface area contributed by atoms with Gasteiger partial charge in [0.2, 0.25) is 0 Å². The smallest absolute Gasteiger partial charge is 0.0729 e. The van der Waals surface area contributed by atoms with Gasteiger partial charge in [-0.05, 0) is 25.8 Å². The zero-order valence-electron chi connectivity index (χ0n) is 12.1. The number of rotatable bonds is 7. The Morgan fingerprint density at radius 3 is 2.74 bits per heavy atom. The summed E-state index contributed by atoms with van der Waals surface area (Å²) in [6.45, 7) is 9.09. The molecule has 2 heterocycles. The van der Waals surface area contributed by atoms with Gasteiger partial charge >= 0.3 is 0 Å². The van der Waals surface area contributed by atoms with Gasteiger partial charge in [0, 0.05) is 19.3 Å². The number of hydrogen-bond acceptors (Lipinski definition) is 3. The molecule has 0 atom stereocenters. The van der Waals surface area contributed by atoms with Crippen LogP contribution in [0.4, 0.5) is 5.69 Å². The van der Waals surface area contributed by atoms with Crippen molar-refractivity contribution in [3.8, 4) is 0 Å². The van der Waals surface area contributed by atoms with Gasteiger partial charge in [-0.15, -0.1) is 0 Å². The van der Waals surface area contributed by atoms with E-state index in [0.29, 0.717) is 0 Å². The minimum absolute atomic E-state index is 0.790. The van der Waals surface area contributed by atoms with Gasteiger partial charge in [0.05, 0.1) is 29.8 Å². The molecule has 104 valence electrons. The number of nitrogens with zero attached hydrogens (tertiary/aromatic N) is 4. The lowest BCUT2D eigenvalue weighted by Crippen LogP contribution is -2.08. The van der Waals surface area contributed by atoms with Crippen molar-refractivity contribution in [1.29, 1.82) is 0 Å². The van der Waals surface area contributed by atoms with E-state index in [0.717, 1.165) is 43.9 Å². The van der Waals surface area contributed by atoms with Crippen molar-refractivity contribution in [2.24, 2.45) is 0 Å². The van der Waals surface area contributed by atoms with Crippen LogP contribution in [0.15, 0.2) is 18.5 Å². The van der Waals surface area contributed by atoms with E-state index in [1.165, 1.54) is 5.69 Å². The Morgan fingerprint density at radius 1 is 1.21 bits per heavy atom. The molecule has 0 radical (unpaired) electrons. The molecule has 19 heavy (non-hydrogen) atoms. The average Bonchev–Trinajstić information content (AvgIpc) is 2.95. The van der Waals surface area contributed by atoms with Crippen LogP contribution < -0.4 is 5.32 Å². The van der Waals surface area contributed by atoms with Crippen LogP contribution in [-0.2, 0) is 19.6 Å². The van der Waals surface area contributed by atoms with Gasteiger partial charge in [0.1, 0.15) is 0 Å². The fourth-order valence-electron chi connectivity index (χ4n) is 2.15. The van der Waals surface area contributed by atoms with Gasteiger partial charge in [-0.25, -0.2) is 0 Å². The van der Waals surface area contributed by atoms with E-state index in [1.54, 1.807) is 0 Å². The topological polar surface area (TPSA) is 47.7 Å². The van der Waals surface area contributed by atoms with Gasteiger partial charge < -0.3 is 5.32 Å². The quantitative estimate of drug-likeness (QED) is 0.833. The predicted octanol–water partition coefficient (Wildman–Crippen LogP) is 2.82. The molecule has 2 rings (SSSR count). The zero-order chi connectivity index (χ0) is 13.7. The molecule has 1 N–H and O–H groups in total. The van der Waals surface area contributed by atoms with E-state index in [2.05, 4.69) is 46.3 Å². The highest BCUT2D eigenvalue weighted by Gasteiger charge is 2.05. The first-order valence-corrected chi connectivity index (χ1v) is 7.02. The lowest BCUT2D eigenvalue weighted by atomic mass is 10.3. The summed E-state index contributed by atoms with van der Waals surface area (Å²) in [6.07, 6.45) is 6.13. The van der Waals surface area contributed by atoms with Crippen molar-refractivity contribution in [1.82, 2.24) is 19.6 Å². The third kappa shape index (κ3) is 3.59. The van der Waals surface area contributed by atoms with E-state index in [9.17, 15) is 0 Å². The molecular formula is C14H23N5.